The average Bonchev–Trinajstić information content (AvgIpc) is 3.22. The maximum atomic E-state index is 12.8. The van der Waals surface area contributed by atoms with E-state index < -0.39 is 22.0 Å². The van der Waals surface area contributed by atoms with Crippen LogP contribution in [-0.2, 0) is 14.9 Å². The van der Waals surface area contributed by atoms with Crippen molar-refractivity contribution in [3.8, 4) is 11.3 Å². The van der Waals surface area contributed by atoms with Crippen molar-refractivity contribution in [3.63, 3.8) is 0 Å². The Bertz CT molecular complexity index is 1040. The number of rotatable bonds is 2. The summed E-state index contributed by atoms with van der Waals surface area (Å²) in [4.78, 5) is 36.5. The first kappa shape index (κ1) is 20.1. The Morgan fingerprint density at radius 3 is 2.50 bits per heavy atom. The molecule has 1 aromatic carbocycles. The molecule has 2 heterocycles. The first-order chi connectivity index (χ1) is 14.1. The van der Waals surface area contributed by atoms with Gasteiger partial charge in [0, 0.05) is 17.3 Å². The summed E-state index contributed by atoms with van der Waals surface area (Å²) in [6.07, 6.45) is 3.83. The average molecular weight is 411 g/mol. The summed E-state index contributed by atoms with van der Waals surface area (Å²) < 4.78 is 6.40. The van der Waals surface area contributed by atoms with Gasteiger partial charge in [-0.3, -0.25) is 4.79 Å². The molecule has 0 atom stereocenters. The predicted molar refractivity (Wildman–Crippen MR) is 112 cm³/mol. The Labute approximate surface area is 174 Å². The molecule has 0 bridgehead atoms. The summed E-state index contributed by atoms with van der Waals surface area (Å²) in [5, 5.41) is 14.5. The Morgan fingerprint density at radius 2 is 1.87 bits per heavy atom. The number of ether oxygens (including phenoxy) is 1. The van der Waals surface area contributed by atoms with Crippen molar-refractivity contribution in [2.24, 2.45) is 0 Å². The molecule has 2 aliphatic rings. The van der Waals surface area contributed by atoms with Crippen LogP contribution in [0.3, 0.4) is 0 Å². The second kappa shape index (κ2) is 6.97. The van der Waals surface area contributed by atoms with Crippen LogP contribution in [0, 0.1) is 10.1 Å². The highest BCUT2D eigenvalue weighted by Crippen LogP contribution is 2.48. The first-order valence-electron chi connectivity index (χ1n) is 10.2. The number of aromatic nitrogens is 1. The predicted octanol–water partition coefficient (Wildman–Crippen LogP) is 5.00. The lowest BCUT2D eigenvalue weighted by Gasteiger charge is -2.31. The summed E-state index contributed by atoms with van der Waals surface area (Å²) in [5.41, 5.74) is 1.32. The zero-order valence-corrected chi connectivity index (χ0v) is 17.4. The van der Waals surface area contributed by atoms with E-state index >= 15 is 0 Å². The van der Waals surface area contributed by atoms with Gasteiger partial charge in [0.05, 0.1) is 5.41 Å². The van der Waals surface area contributed by atoms with Gasteiger partial charge < -0.3 is 20.2 Å². The van der Waals surface area contributed by atoms with Gasteiger partial charge in [0.25, 0.3) is 0 Å². The first-order valence-corrected chi connectivity index (χ1v) is 10.2. The van der Waals surface area contributed by atoms with Crippen molar-refractivity contribution in [2.45, 2.75) is 63.9 Å². The normalized spacial score (nSPS) is 17.5. The SMILES string of the molecule is CC(C)(C)OC(=O)n1c(-c2ccc3c(c2)C2(CCCCC2)C(=O)N3)ccc1[N+](=O)[O-]. The number of hydrogen-bond acceptors (Lipinski definition) is 5. The number of nitrogens with one attached hydrogen (secondary N) is 1. The molecule has 2 aromatic rings. The van der Waals surface area contributed by atoms with Crippen LogP contribution in [-0.4, -0.2) is 27.1 Å². The van der Waals surface area contributed by atoms with Gasteiger partial charge in [-0.1, -0.05) is 19.3 Å². The van der Waals surface area contributed by atoms with Gasteiger partial charge in [-0.05, 0) is 68.4 Å². The number of amides is 1. The largest absolute Gasteiger partial charge is 0.513 e. The third kappa shape index (κ3) is 3.26. The number of anilines is 1. The minimum atomic E-state index is -0.809. The van der Waals surface area contributed by atoms with Crippen molar-refractivity contribution >= 4 is 23.5 Å². The van der Waals surface area contributed by atoms with E-state index in [9.17, 15) is 19.7 Å². The summed E-state index contributed by atoms with van der Waals surface area (Å²) in [6.45, 7) is 5.12. The number of nitrogens with zero attached hydrogens (tertiary/aromatic N) is 2. The molecule has 8 nitrogen and oxygen atoms in total. The molecule has 1 saturated carbocycles. The highest BCUT2D eigenvalue weighted by Gasteiger charge is 2.47. The fourth-order valence-electron chi connectivity index (χ4n) is 4.52. The molecule has 0 radical (unpaired) electrons. The summed E-state index contributed by atoms with van der Waals surface area (Å²) in [6, 6.07) is 8.30. The van der Waals surface area contributed by atoms with E-state index in [4.69, 9.17) is 4.74 Å². The van der Waals surface area contributed by atoms with E-state index in [0.29, 0.717) is 11.3 Å². The zero-order chi connectivity index (χ0) is 21.7. The van der Waals surface area contributed by atoms with E-state index in [1.165, 1.54) is 6.07 Å². The quantitative estimate of drug-likeness (QED) is 0.553. The lowest BCUT2D eigenvalue weighted by Crippen LogP contribution is -2.36. The van der Waals surface area contributed by atoms with Crippen LogP contribution in [0.15, 0.2) is 30.3 Å². The molecule has 8 heteroatoms. The highest BCUT2D eigenvalue weighted by molar-refractivity contribution is 6.06. The van der Waals surface area contributed by atoms with Crippen molar-refractivity contribution in [3.05, 3.63) is 46.0 Å². The van der Waals surface area contributed by atoms with E-state index in [-0.39, 0.29) is 11.7 Å². The van der Waals surface area contributed by atoms with Crippen molar-refractivity contribution in [1.82, 2.24) is 4.57 Å². The van der Waals surface area contributed by atoms with Crippen LogP contribution >= 0.6 is 0 Å². The Morgan fingerprint density at radius 1 is 1.17 bits per heavy atom. The van der Waals surface area contributed by atoms with Gasteiger partial charge in [-0.2, -0.15) is 4.79 Å². The van der Waals surface area contributed by atoms with Gasteiger partial charge in [-0.25, -0.2) is 0 Å². The lowest BCUT2D eigenvalue weighted by molar-refractivity contribution is -0.390. The number of benzene rings is 1. The minimum Gasteiger partial charge on any atom is -0.425 e. The molecule has 1 aliphatic carbocycles. The molecule has 0 unspecified atom stereocenters. The van der Waals surface area contributed by atoms with Crippen molar-refractivity contribution < 1.29 is 19.2 Å². The number of nitro groups is 1. The van der Waals surface area contributed by atoms with E-state index in [1.807, 2.05) is 12.1 Å². The highest BCUT2D eigenvalue weighted by atomic mass is 16.6. The standard InChI is InChI=1S/C22H25N3O5/c1-21(2,3)30-20(27)24-17(9-10-18(24)25(28)29)14-7-8-16-15(13-14)22(19(26)23-16)11-5-4-6-12-22/h7-10,13H,4-6,11-12H2,1-3H3,(H,23,26). The van der Waals surface area contributed by atoms with Crippen LogP contribution in [0.1, 0.15) is 58.4 Å². The van der Waals surface area contributed by atoms with Crippen LogP contribution in [0.2, 0.25) is 0 Å². The summed E-state index contributed by atoms with van der Waals surface area (Å²) in [7, 11) is 0. The van der Waals surface area contributed by atoms with E-state index in [0.717, 1.165) is 47.9 Å². The molecular formula is C22H25N3O5. The van der Waals surface area contributed by atoms with Crippen LogP contribution < -0.4 is 5.32 Å². The topological polar surface area (TPSA) is 103 Å². The van der Waals surface area contributed by atoms with Gasteiger partial charge in [0.1, 0.15) is 11.3 Å². The van der Waals surface area contributed by atoms with E-state index in [1.54, 1.807) is 32.9 Å². The minimum absolute atomic E-state index is 0.0165. The van der Waals surface area contributed by atoms with E-state index in [2.05, 4.69) is 5.32 Å². The smallest absolute Gasteiger partial charge is 0.425 e. The van der Waals surface area contributed by atoms with Crippen molar-refractivity contribution in [1.29, 1.82) is 0 Å². The molecule has 1 N–H and O–H groups in total. The molecule has 1 aromatic heterocycles. The second-order valence-corrected chi connectivity index (χ2v) is 9.01. The number of hydrogen-bond donors (Lipinski definition) is 1. The third-order valence-corrected chi connectivity index (χ3v) is 5.84. The molecule has 1 amide bonds. The number of carbonyl (C=O) groups is 2. The maximum absolute atomic E-state index is 12.8. The molecule has 4 rings (SSSR count). The van der Waals surface area contributed by atoms with Crippen LogP contribution in [0.25, 0.3) is 11.3 Å². The molecule has 0 saturated heterocycles. The molecule has 30 heavy (non-hydrogen) atoms. The van der Waals surface area contributed by atoms with Crippen molar-refractivity contribution in [2.75, 3.05) is 5.32 Å². The molecule has 1 spiro atoms. The fourth-order valence-corrected chi connectivity index (χ4v) is 4.52. The lowest BCUT2D eigenvalue weighted by atomic mass is 9.70. The van der Waals surface area contributed by atoms with Gasteiger partial charge >= 0.3 is 11.9 Å². The Hall–Kier alpha value is -3.16. The fraction of sp³-hybridized carbons (Fsp3) is 0.455. The Kier molecular flexibility index (Phi) is 4.67. The summed E-state index contributed by atoms with van der Waals surface area (Å²) in [5.74, 6) is -0.343. The molecule has 158 valence electrons. The van der Waals surface area contributed by atoms with Gasteiger partial charge in [0.2, 0.25) is 5.91 Å². The maximum Gasteiger partial charge on any atom is 0.513 e. The Balaban J connectivity index is 1.82. The van der Waals surface area contributed by atoms with Crippen LogP contribution in [0.4, 0.5) is 16.3 Å². The molecule has 1 fully saturated rings. The van der Waals surface area contributed by atoms with Crippen LogP contribution in [0.5, 0.6) is 0 Å². The monoisotopic (exact) mass is 411 g/mol. The van der Waals surface area contributed by atoms with Gasteiger partial charge in [0.15, 0.2) is 0 Å². The second-order valence-electron chi connectivity index (χ2n) is 9.01. The zero-order valence-electron chi connectivity index (χ0n) is 17.4. The summed E-state index contributed by atoms with van der Waals surface area (Å²) >= 11 is 0. The number of fused-ring (bicyclic) bond motifs is 2. The molecule has 1 aliphatic heterocycles. The molecular weight excluding hydrogens is 386 g/mol. The van der Waals surface area contributed by atoms with Gasteiger partial charge in [-0.15, -0.1) is 4.57 Å². The third-order valence-electron chi connectivity index (χ3n) is 5.84. The number of carbonyl (C=O) groups excluding carboxylic acids is 2.